The van der Waals surface area contributed by atoms with Crippen molar-refractivity contribution in [3.05, 3.63) is 65.5 Å². The van der Waals surface area contributed by atoms with Gasteiger partial charge >= 0.3 is 12.4 Å². The number of amides is 2. The van der Waals surface area contributed by atoms with E-state index in [1.807, 2.05) is 0 Å². The van der Waals surface area contributed by atoms with Crippen molar-refractivity contribution in [2.75, 3.05) is 13.1 Å². The van der Waals surface area contributed by atoms with E-state index in [2.05, 4.69) is 15.4 Å². The van der Waals surface area contributed by atoms with Crippen LogP contribution >= 0.6 is 0 Å². The Labute approximate surface area is 148 Å². The third-order valence-electron chi connectivity index (χ3n) is 3.49. The Kier molecular flexibility index (Phi) is 6.82. The number of hydrogen-bond acceptors (Lipinski definition) is 2. The maximum absolute atomic E-state index is 13.4. The summed E-state index contributed by atoms with van der Waals surface area (Å²) < 4.78 is 53.4. The Morgan fingerprint density at radius 2 is 1.54 bits per heavy atom. The van der Waals surface area contributed by atoms with Gasteiger partial charge in [0.15, 0.2) is 0 Å². The minimum absolute atomic E-state index is 0.288. The van der Waals surface area contributed by atoms with Gasteiger partial charge in [0.25, 0.3) is 0 Å². The molecule has 0 aliphatic carbocycles. The third kappa shape index (κ3) is 7.00. The van der Waals surface area contributed by atoms with Gasteiger partial charge in [-0.1, -0.05) is 30.3 Å². The Balaban J connectivity index is 1.66. The number of nitrogens with one attached hydrogen (secondary N) is 2. The van der Waals surface area contributed by atoms with Crippen molar-refractivity contribution in [3.8, 4) is 5.75 Å². The quantitative estimate of drug-likeness (QED) is 0.729. The second-order valence-electron chi connectivity index (χ2n) is 5.47. The molecule has 140 valence electrons. The van der Waals surface area contributed by atoms with Crippen molar-refractivity contribution in [3.63, 3.8) is 0 Å². The largest absolute Gasteiger partial charge is 0.573 e. The molecule has 2 aromatic carbocycles. The normalized spacial score (nSPS) is 11.1. The molecule has 0 atom stereocenters. The van der Waals surface area contributed by atoms with Crippen LogP contribution in [0.2, 0.25) is 0 Å². The highest BCUT2D eigenvalue weighted by molar-refractivity contribution is 5.73. The van der Waals surface area contributed by atoms with Gasteiger partial charge in [0.2, 0.25) is 0 Å². The number of carbonyl (C=O) groups excluding carboxylic acids is 1. The van der Waals surface area contributed by atoms with E-state index in [1.54, 1.807) is 18.2 Å². The molecule has 0 fully saturated rings. The number of rotatable bonds is 7. The molecule has 0 radical (unpaired) electrons. The molecule has 2 rings (SSSR count). The number of ether oxygens (including phenoxy) is 1. The molecule has 0 aliphatic rings. The van der Waals surface area contributed by atoms with E-state index in [1.165, 1.54) is 30.3 Å². The van der Waals surface area contributed by atoms with Crippen molar-refractivity contribution >= 4 is 6.03 Å². The number of alkyl halides is 3. The van der Waals surface area contributed by atoms with Crippen LogP contribution in [0, 0.1) is 5.82 Å². The lowest BCUT2D eigenvalue weighted by molar-refractivity contribution is -0.274. The molecule has 2 N–H and O–H groups in total. The molecule has 8 heteroatoms. The summed E-state index contributed by atoms with van der Waals surface area (Å²) in [6, 6.07) is 11.4. The standard InChI is InChI=1S/C18H18F4N2O2/c19-16-4-2-1-3-14(16)10-12-24-17(25)23-11-9-13-5-7-15(8-6-13)26-18(20,21)22/h1-8H,9-12H2,(H2,23,24,25). The fourth-order valence-corrected chi connectivity index (χ4v) is 2.25. The van der Waals surface area contributed by atoms with Crippen LogP contribution in [-0.2, 0) is 12.8 Å². The first-order valence-corrected chi connectivity index (χ1v) is 7.93. The van der Waals surface area contributed by atoms with Gasteiger partial charge in [-0.15, -0.1) is 13.2 Å². The van der Waals surface area contributed by atoms with E-state index in [-0.39, 0.29) is 18.1 Å². The highest BCUT2D eigenvalue weighted by Crippen LogP contribution is 2.22. The lowest BCUT2D eigenvalue weighted by atomic mass is 10.1. The first-order valence-electron chi connectivity index (χ1n) is 7.93. The highest BCUT2D eigenvalue weighted by Gasteiger charge is 2.30. The van der Waals surface area contributed by atoms with Gasteiger partial charge in [-0.3, -0.25) is 0 Å². The minimum atomic E-state index is -4.72. The van der Waals surface area contributed by atoms with Crippen LogP contribution in [0.4, 0.5) is 22.4 Å². The van der Waals surface area contributed by atoms with Crippen LogP contribution in [-0.4, -0.2) is 25.5 Å². The van der Waals surface area contributed by atoms with E-state index < -0.39 is 12.4 Å². The van der Waals surface area contributed by atoms with Crippen LogP contribution in [0.5, 0.6) is 5.75 Å². The van der Waals surface area contributed by atoms with Crippen molar-refractivity contribution in [2.45, 2.75) is 19.2 Å². The predicted octanol–water partition coefficient (Wildman–Crippen LogP) is 3.81. The molecule has 4 nitrogen and oxygen atoms in total. The summed E-state index contributed by atoms with van der Waals surface area (Å²) in [6.07, 6.45) is -3.89. The third-order valence-corrected chi connectivity index (χ3v) is 3.49. The molecule has 0 bridgehead atoms. The lowest BCUT2D eigenvalue weighted by Gasteiger charge is -2.10. The first kappa shape index (κ1) is 19.6. The Bertz CT molecular complexity index is 718. The molecule has 2 amide bonds. The fourth-order valence-electron chi connectivity index (χ4n) is 2.25. The topological polar surface area (TPSA) is 50.4 Å². The molecule has 0 saturated heterocycles. The minimum Gasteiger partial charge on any atom is -0.406 e. The zero-order valence-electron chi connectivity index (χ0n) is 13.8. The zero-order chi connectivity index (χ0) is 19.0. The second kappa shape index (κ2) is 9.07. The Morgan fingerprint density at radius 1 is 0.923 bits per heavy atom. The van der Waals surface area contributed by atoms with Gasteiger partial charge in [-0.05, 0) is 42.2 Å². The van der Waals surface area contributed by atoms with Gasteiger partial charge < -0.3 is 15.4 Å². The molecular weight excluding hydrogens is 352 g/mol. The second-order valence-corrected chi connectivity index (χ2v) is 5.47. The first-order chi connectivity index (χ1) is 12.3. The summed E-state index contributed by atoms with van der Waals surface area (Å²) in [5.41, 5.74) is 1.28. The molecule has 0 heterocycles. The smallest absolute Gasteiger partial charge is 0.406 e. The Morgan fingerprint density at radius 3 is 2.15 bits per heavy atom. The zero-order valence-corrected chi connectivity index (χ0v) is 13.8. The number of hydrogen-bond donors (Lipinski definition) is 2. The molecule has 0 spiro atoms. The molecule has 0 unspecified atom stereocenters. The van der Waals surface area contributed by atoms with Crippen molar-refractivity contribution < 1.29 is 27.1 Å². The maximum Gasteiger partial charge on any atom is 0.573 e. The summed E-state index contributed by atoms with van der Waals surface area (Å²) in [5, 5.41) is 5.25. The predicted molar refractivity (Wildman–Crippen MR) is 88.3 cm³/mol. The molecule has 0 aliphatic heterocycles. The monoisotopic (exact) mass is 370 g/mol. The van der Waals surface area contributed by atoms with Crippen molar-refractivity contribution in [1.82, 2.24) is 10.6 Å². The average molecular weight is 370 g/mol. The SMILES string of the molecule is O=C(NCCc1ccc(OC(F)(F)F)cc1)NCCc1ccccc1F. The number of urea groups is 1. The number of halogens is 4. The van der Waals surface area contributed by atoms with E-state index in [0.717, 1.165) is 5.56 Å². The summed E-state index contributed by atoms with van der Waals surface area (Å²) in [7, 11) is 0. The summed E-state index contributed by atoms with van der Waals surface area (Å²) in [6.45, 7) is 0.598. The van der Waals surface area contributed by atoms with Crippen molar-refractivity contribution in [1.29, 1.82) is 0 Å². The van der Waals surface area contributed by atoms with Gasteiger partial charge in [0.1, 0.15) is 11.6 Å². The number of benzene rings is 2. The maximum atomic E-state index is 13.4. The summed E-state index contributed by atoms with van der Waals surface area (Å²) in [5.74, 6) is -0.604. The molecule has 26 heavy (non-hydrogen) atoms. The highest BCUT2D eigenvalue weighted by atomic mass is 19.4. The van der Waals surface area contributed by atoms with Crippen LogP contribution in [0.25, 0.3) is 0 Å². The Hall–Kier alpha value is -2.77. The summed E-state index contributed by atoms with van der Waals surface area (Å²) in [4.78, 5) is 11.7. The van der Waals surface area contributed by atoms with Crippen LogP contribution in [0.15, 0.2) is 48.5 Å². The molecule has 2 aromatic rings. The van der Waals surface area contributed by atoms with Gasteiger partial charge in [-0.2, -0.15) is 0 Å². The van der Waals surface area contributed by atoms with Gasteiger partial charge in [0.05, 0.1) is 0 Å². The average Bonchev–Trinajstić information content (AvgIpc) is 2.57. The van der Waals surface area contributed by atoms with Crippen LogP contribution in [0.3, 0.4) is 0 Å². The van der Waals surface area contributed by atoms with Crippen molar-refractivity contribution in [2.24, 2.45) is 0 Å². The molecule has 0 saturated carbocycles. The van der Waals surface area contributed by atoms with Crippen LogP contribution < -0.4 is 15.4 Å². The van der Waals surface area contributed by atoms with E-state index in [9.17, 15) is 22.4 Å². The van der Waals surface area contributed by atoms with E-state index in [4.69, 9.17) is 0 Å². The molecular formula is C18H18F4N2O2. The number of carbonyl (C=O) groups is 1. The summed E-state index contributed by atoms with van der Waals surface area (Å²) >= 11 is 0. The van der Waals surface area contributed by atoms with Gasteiger partial charge in [-0.25, -0.2) is 9.18 Å². The fraction of sp³-hybridized carbons (Fsp3) is 0.278. The van der Waals surface area contributed by atoms with E-state index >= 15 is 0 Å². The molecule has 0 aromatic heterocycles. The lowest BCUT2D eigenvalue weighted by Crippen LogP contribution is -2.37. The van der Waals surface area contributed by atoms with Crippen LogP contribution in [0.1, 0.15) is 11.1 Å². The van der Waals surface area contributed by atoms with E-state index in [0.29, 0.717) is 24.9 Å². The van der Waals surface area contributed by atoms with Gasteiger partial charge in [0, 0.05) is 13.1 Å².